The van der Waals surface area contributed by atoms with Gasteiger partial charge in [-0.1, -0.05) is 58.9 Å². The van der Waals surface area contributed by atoms with E-state index in [9.17, 15) is 0 Å². The van der Waals surface area contributed by atoms with Crippen LogP contribution in [0, 0.1) is 0 Å². The van der Waals surface area contributed by atoms with Gasteiger partial charge in [0, 0.05) is 44.0 Å². The van der Waals surface area contributed by atoms with Gasteiger partial charge in [0.05, 0.1) is 0 Å². The summed E-state index contributed by atoms with van der Waals surface area (Å²) in [6.45, 7) is 20.4. The molecule has 14 heavy (non-hydrogen) atoms. The molecule has 7 radical (unpaired) electrons. The Hall–Kier alpha value is 1.79. The van der Waals surface area contributed by atoms with E-state index in [0.717, 1.165) is 0 Å². The van der Waals surface area contributed by atoms with Crippen LogP contribution in [0.2, 0.25) is 58.9 Å². The quantitative estimate of drug-likeness (QED) is 0.579. The Kier molecular flexibility index (Phi) is 51.2. The van der Waals surface area contributed by atoms with Gasteiger partial charge in [0.25, 0.3) is 0 Å². The van der Waals surface area contributed by atoms with Gasteiger partial charge in [-0.05, 0) is 0 Å². The van der Waals surface area contributed by atoms with Crippen LogP contribution in [-0.2, 0) is 0 Å². The van der Waals surface area contributed by atoms with E-state index in [1.807, 2.05) is 0 Å². The van der Waals surface area contributed by atoms with Crippen LogP contribution in [-0.4, -0.2) is 44.0 Å². The van der Waals surface area contributed by atoms with Crippen LogP contribution in [0.25, 0.3) is 0 Å². The molecule has 0 N–H and O–H groups in total. The van der Waals surface area contributed by atoms with Gasteiger partial charge in [-0.15, -0.1) is 0 Å². The van der Waals surface area contributed by atoms with Crippen LogP contribution in [0.1, 0.15) is 0 Å². The summed E-state index contributed by atoms with van der Waals surface area (Å²) in [7, 11) is 0.361. The molecule has 0 aromatic carbocycles. The van der Waals surface area contributed by atoms with E-state index in [0.29, 0.717) is 0 Å². The average molecular weight is 299 g/mol. The van der Waals surface area contributed by atoms with Crippen LogP contribution in [0.3, 0.4) is 0 Å². The second-order valence-electron chi connectivity index (χ2n) is 4.50. The SMILES string of the molecule is C[Si](C)C.C[Si](C)C.C[Si](C)C.[Ge].[Li+]. The fourth-order valence-electron chi connectivity index (χ4n) is 0. The van der Waals surface area contributed by atoms with Gasteiger partial charge >= 0.3 is 18.9 Å². The molecular weight excluding hydrogens is 272 g/mol. The van der Waals surface area contributed by atoms with E-state index in [2.05, 4.69) is 58.9 Å². The van der Waals surface area contributed by atoms with Crippen molar-refractivity contribution in [2.45, 2.75) is 58.9 Å². The molecule has 5 heteroatoms. The molecule has 0 amide bonds. The summed E-state index contributed by atoms with van der Waals surface area (Å²) >= 11 is 0. The van der Waals surface area contributed by atoms with Crippen LogP contribution in [0.15, 0.2) is 0 Å². The third-order valence-electron chi connectivity index (χ3n) is 0. The summed E-state index contributed by atoms with van der Waals surface area (Å²) in [4.78, 5) is 0. The maximum absolute atomic E-state index is 2.27. The molecule has 0 aliphatic heterocycles. The van der Waals surface area contributed by atoms with Crippen LogP contribution in [0.4, 0.5) is 0 Å². The monoisotopic (exact) mass is 300 g/mol. The molecule has 0 aromatic rings. The van der Waals surface area contributed by atoms with Crippen molar-refractivity contribution in [3.63, 3.8) is 0 Å². The smallest absolute Gasteiger partial charge is 0.0715 e. The molecule has 0 bridgehead atoms. The van der Waals surface area contributed by atoms with E-state index in [-0.39, 0.29) is 62.8 Å². The summed E-state index contributed by atoms with van der Waals surface area (Å²) < 4.78 is 0. The zero-order valence-electron chi connectivity index (χ0n) is 12.0. The number of hydrogen-bond donors (Lipinski definition) is 0. The number of rotatable bonds is 0. The van der Waals surface area contributed by atoms with Gasteiger partial charge in [-0.2, -0.15) is 0 Å². The van der Waals surface area contributed by atoms with Crippen LogP contribution in [0.5, 0.6) is 0 Å². The zero-order valence-corrected chi connectivity index (χ0v) is 17.1. The Balaban J connectivity index is -0.0000000270. The van der Waals surface area contributed by atoms with Crippen molar-refractivity contribution < 1.29 is 18.9 Å². The van der Waals surface area contributed by atoms with E-state index in [4.69, 9.17) is 0 Å². The fourth-order valence-corrected chi connectivity index (χ4v) is 0. The summed E-state index contributed by atoms with van der Waals surface area (Å²) in [5, 5.41) is 0. The third-order valence-corrected chi connectivity index (χ3v) is 0. The van der Waals surface area contributed by atoms with Crippen molar-refractivity contribution in [1.82, 2.24) is 0 Å². The molecule has 0 unspecified atom stereocenters. The predicted molar refractivity (Wildman–Crippen MR) is 75.8 cm³/mol. The van der Waals surface area contributed by atoms with Crippen molar-refractivity contribution in [1.29, 1.82) is 0 Å². The molecule has 79 valence electrons. The van der Waals surface area contributed by atoms with Gasteiger partial charge < -0.3 is 0 Å². The summed E-state index contributed by atoms with van der Waals surface area (Å²) in [6.07, 6.45) is 0. The van der Waals surface area contributed by atoms with Crippen molar-refractivity contribution in [3.8, 4) is 0 Å². The Bertz CT molecular complexity index is 48.5. The van der Waals surface area contributed by atoms with Crippen molar-refractivity contribution in [3.05, 3.63) is 0 Å². The van der Waals surface area contributed by atoms with Crippen molar-refractivity contribution >= 4 is 44.0 Å². The van der Waals surface area contributed by atoms with Crippen molar-refractivity contribution in [2.24, 2.45) is 0 Å². The molecule has 0 heterocycles. The number of hydrogen-bond acceptors (Lipinski definition) is 0. The molecule has 0 rings (SSSR count). The first-order valence-electron chi connectivity index (χ1n) is 4.50. The molecule has 0 fully saturated rings. The maximum Gasteiger partial charge on any atom is 1.00 e. The summed E-state index contributed by atoms with van der Waals surface area (Å²) in [6, 6.07) is 0. The van der Waals surface area contributed by atoms with E-state index < -0.39 is 0 Å². The Morgan fingerprint density at radius 3 is 0.429 bits per heavy atom. The van der Waals surface area contributed by atoms with Gasteiger partial charge in [0.2, 0.25) is 0 Å². The van der Waals surface area contributed by atoms with Gasteiger partial charge in [0.15, 0.2) is 0 Å². The molecule has 0 atom stereocenters. The molecular formula is C9H27GeLiSi3+. The van der Waals surface area contributed by atoms with Crippen LogP contribution < -0.4 is 18.9 Å². The topological polar surface area (TPSA) is 0 Å². The standard InChI is InChI=1S/3C3H9Si.Ge.Li/c3*1-4(2)3;;/h3*1-3H3;;/q;;;;+1. The van der Waals surface area contributed by atoms with Gasteiger partial charge in [-0.3, -0.25) is 0 Å². The first-order valence-corrected chi connectivity index (χ1v) is 13.5. The fraction of sp³-hybridized carbons (Fsp3) is 1.00. The molecule has 0 saturated carbocycles. The average Bonchev–Trinajstić information content (AvgIpc) is 1.54. The predicted octanol–water partition coefficient (Wildman–Crippen LogP) is 0.735. The Morgan fingerprint density at radius 1 is 0.429 bits per heavy atom. The van der Waals surface area contributed by atoms with Gasteiger partial charge in [-0.25, -0.2) is 0 Å². The third kappa shape index (κ3) is 703. The molecule has 0 aromatic heterocycles. The van der Waals surface area contributed by atoms with E-state index in [1.54, 1.807) is 0 Å². The second kappa shape index (κ2) is 24.2. The van der Waals surface area contributed by atoms with Crippen molar-refractivity contribution in [2.75, 3.05) is 0 Å². The van der Waals surface area contributed by atoms with E-state index in [1.165, 1.54) is 0 Å². The molecule has 0 saturated heterocycles. The van der Waals surface area contributed by atoms with Gasteiger partial charge in [0.1, 0.15) is 0 Å². The van der Waals surface area contributed by atoms with E-state index >= 15 is 0 Å². The minimum Gasteiger partial charge on any atom is -0.0715 e. The molecule has 0 aliphatic carbocycles. The summed E-state index contributed by atoms with van der Waals surface area (Å²) in [5.41, 5.74) is 0. The molecule has 0 nitrogen and oxygen atoms in total. The first kappa shape index (κ1) is 29.7. The minimum absolute atomic E-state index is 0. The maximum atomic E-state index is 2.27. The molecule has 0 spiro atoms. The summed E-state index contributed by atoms with van der Waals surface area (Å²) in [5.74, 6) is 0. The normalized spacial score (nSPS) is 7.71. The largest absolute Gasteiger partial charge is 1.00 e. The zero-order chi connectivity index (χ0) is 10.7. The van der Waals surface area contributed by atoms with Crippen LogP contribution >= 0.6 is 0 Å². The first-order chi connectivity index (χ1) is 5.20. The Morgan fingerprint density at radius 2 is 0.429 bits per heavy atom. The Labute approximate surface area is 121 Å². The molecule has 0 aliphatic rings. The second-order valence-corrected chi connectivity index (χ2v) is 13.5. The minimum atomic E-state index is 0.